The molecule has 0 radical (unpaired) electrons. The first-order valence-electron chi connectivity index (χ1n) is 4.44. The molecule has 12 heavy (non-hydrogen) atoms. The molecule has 66 valence electrons. The number of likely N-dealkylation sites (tertiary alicyclic amines) is 2. The first kappa shape index (κ1) is 7.84. The summed E-state index contributed by atoms with van der Waals surface area (Å²) >= 11 is 0. The van der Waals surface area contributed by atoms with E-state index in [1.54, 1.807) is 0 Å². The summed E-state index contributed by atoms with van der Waals surface area (Å²) in [7, 11) is 0. The quantitative estimate of drug-likeness (QED) is 0.517. The van der Waals surface area contributed by atoms with Crippen LogP contribution in [0.5, 0.6) is 0 Å². The molecule has 2 heterocycles. The number of rotatable bonds is 1. The van der Waals surface area contributed by atoms with Gasteiger partial charge in [-0.05, 0) is 6.42 Å². The monoisotopic (exact) mass is 166 g/mol. The van der Waals surface area contributed by atoms with Crippen molar-refractivity contribution in [2.75, 3.05) is 26.2 Å². The molecule has 0 aromatic heterocycles. The van der Waals surface area contributed by atoms with E-state index in [0.29, 0.717) is 12.1 Å². The summed E-state index contributed by atoms with van der Waals surface area (Å²) in [6.07, 6.45) is 3.31. The molecule has 0 bridgehead atoms. The van der Waals surface area contributed by atoms with Gasteiger partial charge in [-0.1, -0.05) is 0 Å². The molecule has 0 aromatic carbocycles. The molecule has 1 atom stereocenters. The highest BCUT2D eigenvalue weighted by atomic mass is 15.3. The largest absolute Gasteiger partial charge is 0.325 e. The van der Waals surface area contributed by atoms with Crippen LogP contribution in [0.1, 0.15) is 6.42 Å². The van der Waals surface area contributed by atoms with Gasteiger partial charge in [-0.15, -0.1) is 0 Å². The summed E-state index contributed by atoms with van der Waals surface area (Å²) in [5.74, 6) is 0. The van der Waals surface area contributed by atoms with Gasteiger partial charge in [0.05, 0.1) is 0 Å². The van der Waals surface area contributed by atoms with E-state index < -0.39 is 0 Å². The number of hydrogen-bond acceptors (Lipinski definition) is 4. The molecule has 4 heteroatoms. The molecule has 0 aliphatic carbocycles. The van der Waals surface area contributed by atoms with Gasteiger partial charge in [0.15, 0.2) is 6.19 Å². The Labute approximate surface area is 72.5 Å². The van der Waals surface area contributed by atoms with E-state index in [2.05, 4.69) is 11.1 Å². The minimum atomic E-state index is 0.376. The third kappa shape index (κ3) is 1.26. The van der Waals surface area contributed by atoms with E-state index in [1.807, 2.05) is 4.90 Å². The average molecular weight is 166 g/mol. The topological polar surface area (TPSA) is 56.3 Å². The standard InChI is InChI=1S/C8H14N4/c9-6-11-2-1-8(5-11)12-3-7(10)4-12/h7-8H,1-5,10H2/t8-/m1/s1. The van der Waals surface area contributed by atoms with Gasteiger partial charge in [0.2, 0.25) is 0 Å². The van der Waals surface area contributed by atoms with E-state index >= 15 is 0 Å². The molecule has 4 nitrogen and oxygen atoms in total. The zero-order valence-corrected chi connectivity index (χ0v) is 7.11. The minimum Gasteiger partial charge on any atom is -0.325 e. The van der Waals surface area contributed by atoms with Crippen molar-refractivity contribution in [1.82, 2.24) is 9.80 Å². The lowest BCUT2D eigenvalue weighted by Crippen LogP contribution is -2.59. The second kappa shape index (κ2) is 2.92. The molecule has 0 unspecified atom stereocenters. The van der Waals surface area contributed by atoms with Crippen LogP contribution in [0.15, 0.2) is 0 Å². The Morgan fingerprint density at radius 3 is 2.58 bits per heavy atom. The first-order valence-corrected chi connectivity index (χ1v) is 4.44. The number of nitriles is 1. The maximum Gasteiger partial charge on any atom is 0.179 e. The van der Waals surface area contributed by atoms with Crippen LogP contribution in [-0.4, -0.2) is 48.1 Å². The second-order valence-electron chi connectivity index (χ2n) is 3.70. The lowest BCUT2D eigenvalue weighted by atomic mass is 10.1. The van der Waals surface area contributed by atoms with Crippen molar-refractivity contribution in [2.24, 2.45) is 5.73 Å². The maximum absolute atomic E-state index is 8.64. The van der Waals surface area contributed by atoms with Crippen molar-refractivity contribution in [3.05, 3.63) is 0 Å². The van der Waals surface area contributed by atoms with Crippen LogP contribution in [-0.2, 0) is 0 Å². The van der Waals surface area contributed by atoms with Crippen molar-refractivity contribution in [1.29, 1.82) is 5.26 Å². The highest BCUT2D eigenvalue weighted by Gasteiger charge is 2.33. The summed E-state index contributed by atoms with van der Waals surface area (Å²) in [6, 6.07) is 0.964. The van der Waals surface area contributed by atoms with Gasteiger partial charge in [0, 0.05) is 38.3 Å². The number of nitrogens with two attached hydrogens (primary N) is 1. The average Bonchev–Trinajstić information content (AvgIpc) is 2.46. The predicted molar refractivity (Wildman–Crippen MR) is 45.1 cm³/mol. The molecular formula is C8H14N4. The van der Waals surface area contributed by atoms with Gasteiger partial charge in [0.25, 0.3) is 0 Å². The van der Waals surface area contributed by atoms with Crippen LogP contribution in [0.2, 0.25) is 0 Å². The molecule has 2 fully saturated rings. The molecule has 2 aliphatic rings. The molecule has 0 amide bonds. The predicted octanol–water partition coefficient (Wildman–Crippen LogP) is -0.815. The van der Waals surface area contributed by atoms with Crippen LogP contribution < -0.4 is 5.73 Å². The molecule has 2 rings (SSSR count). The van der Waals surface area contributed by atoms with E-state index in [-0.39, 0.29) is 0 Å². The molecule has 2 aliphatic heterocycles. The molecule has 2 N–H and O–H groups in total. The Bertz CT molecular complexity index is 204. The fraction of sp³-hybridized carbons (Fsp3) is 0.875. The van der Waals surface area contributed by atoms with E-state index in [1.165, 1.54) is 0 Å². The summed E-state index contributed by atoms with van der Waals surface area (Å²) in [6.45, 7) is 3.87. The van der Waals surface area contributed by atoms with Crippen LogP contribution in [0, 0.1) is 11.5 Å². The first-order chi connectivity index (χ1) is 5.79. The zero-order valence-electron chi connectivity index (χ0n) is 7.11. The lowest BCUT2D eigenvalue weighted by molar-refractivity contribution is 0.0998. The summed E-state index contributed by atoms with van der Waals surface area (Å²) in [5, 5.41) is 8.64. The van der Waals surface area contributed by atoms with Gasteiger partial charge >= 0.3 is 0 Å². The number of nitrogens with zero attached hydrogens (tertiary/aromatic N) is 3. The highest BCUT2D eigenvalue weighted by molar-refractivity contribution is 4.95. The van der Waals surface area contributed by atoms with Crippen molar-refractivity contribution < 1.29 is 0 Å². The van der Waals surface area contributed by atoms with Gasteiger partial charge in [0.1, 0.15) is 0 Å². The Balaban J connectivity index is 1.81. The minimum absolute atomic E-state index is 0.376. The fourth-order valence-corrected chi connectivity index (χ4v) is 1.98. The van der Waals surface area contributed by atoms with Crippen molar-refractivity contribution in [3.8, 4) is 6.19 Å². The second-order valence-corrected chi connectivity index (χ2v) is 3.70. The summed E-state index contributed by atoms with van der Waals surface area (Å²) in [4.78, 5) is 4.20. The molecule has 0 aromatic rings. The fourth-order valence-electron chi connectivity index (χ4n) is 1.98. The van der Waals surface area contributed by atoms with Crippen LogP contribution in [0.3, 0.4) is 0 Å². The summed E-state index contributed by atoms with van der Waals surface area (Å²) < 4.78 is 0. The van der Waals surface area contributed by atoms with E-state index in [0.717, 1.165) is 32.6 Å². The van der Waals surface area contributed by atoms with Crippen molar-refractivity contribution >= 4 is 0 Å². The Morgan fingerprint density at radius 1 is 1.33 bits per heavy atom. The van der Waals surface area contributed by atoms with Crippen LogP contribution in [0.4, 0.5) is 0 Å². The van der Waals surface area contributed by atoms with Gasteiger partial charge in [-0.2, -0.15) is 5.26 Å². The maximum atomic E-state index is 8.64. The zero-order chi connectivity index (χ0) is 8.55. The van der Waals surface area contributed by atoms with Gasteiger partial charge < -0.3 is 10.6 Å². The Hall–Kier alpha value is -0.790. The SMILES string of the molecule is N#CN1CC[C@@H](N2CC(N)C2)C1. The van der Waals surface area contributed by atoms with E-state index in [4.69, 9.17) is 11.0 Å². The molecule has 0 saturated carbocycles. The number of hydrogen-bond donors (Lipinski definition) is 1. The van der Waals surface area contributed by atoms with Crippen LogP contribution >= 0.6 is 0 Å². The third-order valence-corrected chi connectivity index (χ3v) is 2.76. The smallest absolute Gasteiger partial charge is 0.179 e. The van der Waals surface area contributed by atoms with E-state index in [9.17, 15) is 0 Å². The Morgan fingerprint density at radius 2 is 2.08 bits per heavy atom. The Kier molecular flexibility index (Phi) is 1.91. The molecule has 0 spiro atoms. The highest BCUT2D eigenvalue weighted by Crippen LogP contribution is 2.19. The third-order valence-electron chi connectivity index (χ3n) is 2.76. The van der Waals surface area contributed by atoms with Crippen LogP contribution in [0.25, 0.3) is 0 Å². The lowest BCUT2D eigenvalue weighted by Gasteiger charge is -2.40. The molecular weight excluding hydrogens is 152 g/mol. The van der Waals surface area contributed by atoms with Crippen molar-refractivity contribution in [3.63, 3.8) is 0 Å². The van der Waals surface area contributed by atoms with Gasteiger partial charge in [-0.3, -0.25) is 4.90 Å². The summed E-state index contributed by atoms with van der Waals surface area (Å²) in [5.41, 5.74) is 5.68. The van der Waals surface area contributed by atoms with Gasteiger partial charge in [-0.25, -0.2) is 0 Å². The molecule has 2 saturated heterocycles. The van der Waals surface area contributed by atoms with Crippen molar-refractivity contribution in [2.45, 2.75) is 18.5 Å². The normalized spacial score (nSPS) is 31.7.